The van der Waals surface area contributed by atoms with Crippen LogP contribution in [0.2, 0.25) is 0 Å². The van der Waals surface area contributed by atoms with E-state index < -0.39 is 11.6 Å². The summed E-state index contributed by atoms with van der Waals surface area (Å²) in [6, 6.07) is 8.68. The van der Waals surface area contributed by atoms with Crippen LogP contribution in [0.25, 0.3) is 10.9 Å². The summed E-state index contributed by atoms with van der Waals surface area (Å²) in [5.41, 5.74) is 1.12. The quantitative estimate of drug-likeness (QED) is 0.665. The molecule has 0 N–H and O–H groups in total. The molecule has 0 fully saturated rings. The van der Waals surface area contributed by atoms with Crippen molar-refractivity contribution in [2.75, 3.05) is 6.61 Å². The molecule has 128 valence electrons. The van der Waals surface area contributed by atoms with E-state index in [1.807, 2.05) is 38.1 Å². The molecular formula is C19H15F2NO2S. The standard InChI is InChI=1S/C19H15F2NO2S/c1-10-3-5-12(6-4-10)25-15-8-22-11(2)9-24-19-16(21)14(20)7-13(17(19)22)18(15)23/h3-8,11H,9H2,1-2H3. The van der Waals surface area contributed by atoms with E-state index in [1.54, 1.807) is 10.8 Å². The Labute approximate surface area is 147 Å². The van der Waals surface area contributed by atoms with E-state index >= 15 is 0 Å². The fraction of sp³-hybridized carbons (Fsp3) is 0.211. The maximum atomic E-state index is 14.1. The monoisotopic (exact) mass is 359 g/mol. The molecule has 2 aromatic carbocycles. The van der Waals surface area contributed by atoms with Crippen molar-refractivity contribution in [1.82, 2.24) is 4.57 Å². The molecule has 0 bridgehead atoms. The first-order valence-electron chi connectivity index (χ1n) is 7.90. The van der Waals surface area contributed by atoms with Gasteiger partial charge in [-0.2, -0.15) is 4.39 Å². The summed E-state index contributed by atoms with van der Waals surface area (Å²) in [6.07, 6.45) is 1.71. The fourth-order valence-electron chi connectivity index (χ4n) is 2.97. The number of pyridine rings is 1. The van der Waals surface area contributed by atoms with Crippen LogP contribution in [0.3, 0.4) is 0 Å². The van der Waals surface area contributed by atoms with Crippen LogP contribution >= 0.6 is 11.8 Å². The first-order valence-corrected chi connectivity index (χ1v) is 8.71. The lowest BCUT2D eigenvalue weighted by molar-refractivity contribution is 0.233. The average Bonchev–Trinajstić information content (AvgIpc) is 2.59. The molecular weight excluding hydrogens is 344 g/mol. The SMILES string of the molecule is Cc1ccc(Sc2cn3c4c(c(F)c(F)cc4c2=O)OCC3C)cc1. The number of rotatable bonds is 2. The number of hydrogen-bond acceptors (Lipinski definition) is 3. The molecule has 0 spiro atoms. The minimum absolute atomic E-state index is 0.0853. The molecule has 0 saturated carbocycles. The maximum absolute atomic E-state index is 14.1. The van der Waals surface area contributed by atoms with Gasteiger partial charge in [-0.25, -0.2) is 4.39 Å². The average molecular weight is 359 g/mol. The van der Waals surface area contributed by atoms with Crippen LogP contribution in [0.5, 0.6) is 5.75 Å². The summed E-state index contributed by atoms with van der Waals surface area (Å²) >= 11 is 1.32. The molecule has 0 saturated heterocycles. The van der Waals surface area contributed by atoms with Crippen LogP contribution in [0, 0.1) is 18.6 Å². The highest BCUT2D eigenvalue weighted by atomic mass is 32.2. The molecule has 1 unspecified atom stereocenters. The summed E-state index contributed by atoms with van der Waals surface area (Å²) < 4.78 is 35.2. The summed E-state index contributed by atoms with van der Waals surface area (Å²) in [5, 5.41) is 0.137. The fourth-order valence-corrected chi connectivity index (χ4v) is 3.87. The van der Waals surface area contributed by atoms with Crippen molar-refractivity contribution in [3.63, 3.8) is 0 Å². The van der Waals surface area contributed by atoms with Gasteiger partial charge in [0.15, 0.2) is 11.6 Å². The summed E-state index contributed by atoms with van der Waals surface area (Å²) in [7, 11) is 0. The highest BCUT2D eigenvalue weighted by Crippen LogP contribution is 2.37. The highest BCUT2D eigenvalue weighted by molar-refractivity contribution is 7.99. The molecule has 0 aliphatic carbocycles. The highest BCUT2D eigenvalue weighted by Gasteiger charge is 2.26. The van der Waals surface area contributed by atoms with Gasteiger partial charge in [-0.3, -0.25) is 4.79 Å². The van der Waals surface area contributed by atoms with Crippen LogP contribution in [-0.2, 0) is 0 Å². The third kappa shape index (κ3) is 2.61. The Morgan fingerprint density at radius 1 is 1.24 bits per heavy atom. The Kier molecular flexibility index (Phi) is 3.80. The molecule has 1 aliphatic heterocycles. The summed E-state index contributed by atoms with van der Waals surface area (Å²) in [4.78, 5) is 14.2. The first kappa shape index (κ1) is 16.1. The molecule has 2 heterocycles. The van der Waals surface area contributed by atoms with Gasteiger partial charge >= 0.3 is 0 Å². The Hall–Kier alpha value is -2.34. The van der Waals surface area contributed by atoms with Crippen LogP contribution in [0.4, 0.5) is 8.78 Å². The van der Waals surface area contributed by atoms with Crippen LogP contribution in [0.1, 0.15) is 18.5 Å². The molecule has 1 aromatic heterocycles. The van der Waals surface area contributed by atoms with E-state index in [0.29, 0.717) is 10.4 Å². The van der Waals surface area contributed by atoms with Gasteiger partial charge in [0.05, 0.1) is 21.8 Å². The van der Waals surface area contributed by atoms with Crippen LogP contribution in [-0.4, -0.2) is 11.2 Å². The van der Waals surface area contributed by atoms with Gasteiger partial charge in [-0.05, 0) is 32.0 Å². The second-order valence-corrected chi connectivity index (χ2v) is 7.32. The van der Waals surface area contributed by atoms with Crippen molar-refractivity contribution in [3.05, 3.63) is 63.9 Å². The van der Waals surface area contributed by atoms with E-state index in [9.17, 15) is 13.6 Å². The minimum atomic E-state index is -1.07. The summed E-state index contributed by atoms with van der Waals surface area (Å²) in [5.74, 6) is -2.30. The lowest BCUT2D eigenvalue weighted by atomic mass is 10.1. The molecule has 0 radical (unpaired) electrons. The molecule has 1 aliphatic rings. The van der Waals surface area contributed by atoms with Gasteiger partial charge in [-0.1, -0.05) is 29.5 Å². The Morgan fingerprint density at radius 3 is 2.68 bits per heavy atom. The zero-order valence-corrected chi connectivity index (χ0v) is 14.5. The van der Waals surface area contributed by atoms with Gasteiger partial charge in [0.25, 0.3) is 0 Å². The molecule has 25 heavy (non-hydrogen) atoms. The lowest BCUT2D eigenvalue weighted by Crippen LogP contribution is -2.24. The van der Waals surface area contributed by atoms with Gasteiger partial charge < -0.3 is 9.30 Å². The number of aryl methyl sites for hydroxylation is 1. The Bertz CT molecular complexity index is 1040. The zero-order chi connectivity index (χ0) is 17.7. The number of benzene rings is 2. The Balaban J connectivity index is 1.96. The number of aromatic nitrogens is 1. The van der Waals surface area contributed by atoms with Crippen molar-refractivity contribution >= 4 is 22.7 Å². The van der Waals surface area contributed by atoms with Crippen molar-refractivity contribution in [2.24, 2.45) is 0 Å². The van der Waals surface area contributed by atoms with E-state index in [-0.39, 0.29) is 29.2 Å². The predicted molar refractivity (Wildman–Crippen MR) is 93.6 cm³/mol. The number of halogens is 2. The minimum Gasteiger partial charge on any atom is -0.486 e. The number of nitrogens with zero attached hydrogens (tertiary/aromatic N) is 1. The van der Waals surface area contributed by atoms with E-state index in [2.05, 4.69) is 0 Å². The third-order valence-electron chi connectivity index (χ3n) is 4.33. The summed E-state index contributed by atoms with van der Waals surface area (Å²) in [6.45, 7) is 4.12. The van der Waals surface area contributed by atoms with Gasteiger partial charge in [-0.15, -0.1) is 0 Å². The number of ether oxygens (including phenoxy) is 1. The van der Waals surface area contributed by atoms with Gasteiger partial charge in [0.1, 0.15) is 6.61 Å². The Morgan fingerprint density at radius 2 is 1.96 bits per heavy atom. The van der Waals surface area contributed by atoms with Gasteiger partial charge in [0.2, 0.25) is 11.2 Å². The molecule has 3 aromatic rings. The first-order chi connectivity index (χ1) is 12.0. The smallest absolute Gasteiger partial charge is 0.203 e. The third-order valence-corrected chi connectivity index (χ3v) is 5.34. The second kappa shape index (κ2) is 5.88. The van der Waals surface area contributed by atoms with Crippen molar-refractivity contribution < 1.29 is 13.5 Å². The van der Waals surface area contributed by atoms with Crippen LogP contribution in [0.15, 0.2) is 51.1 Å². The normalized spacial score (nSPS) is 16.1. The molecule has 6 heteroatoms. The molecule has 4 rings (SSSR count). The van der Waals surface area contributed by atoms with Crippen molar-refractivity contribution in [3.8, 4) is 5.75 Å². The molecule has 3 nitrogen and oxygen atoms in total. The molecule has 1 atom stereocenters. The number of hydrogen-bond donors (Lipinski definition) is 0. The van der Waals surface area contributed by atoms with Crippen molar-refractivity contribution in [1.29, 1.82) is 0 Å². The largest absolute Gasteiger partial charge is 0.486 e. The maximum Gasteiger partial charge on any atom is 0.203 e. The van der Waals surface area contributed by atoms with E-state index in [4.69, 9.17) is 4.74 Å². The van der Waals surface area contributed by atoms with Gasteiger partial charge in [0, 0.05) is 11.1 Å². The lowest BCUT2D eigenvalue weighted by Gasteiger charge is -2.27. The van der Waals surface area contributed by atoms with Crippen LogP contribution < -0.4 is 10.2 Å². The van der Waals surface area contributed by atoms with E-state index in [1.165, 1.54) is 11.8 Å². The predicted octanol–water partition coefficient (Wildman–Crippen LogP) is 4.69. The second-order valence-electron chi connectivity index (χ2n) is 6.20. The van der Waals surface area contributed by atoms with E-state index in [0.717, 1.165) is 16.5 Å². The van der Waals surface area contributed by atoms with Crippen molar-refractivity contribution in [2.45, 2.75) is 29.7 Å². The zero-order valence-electron chi connectivity index (χ0n) is 13.7. The molecule has 0 amide bonds. The topological polar surface area (TPSA) is 31.2 Å².